The number of hydrogen-bond donors (Lipinski definition) is 0. The van der Waals surface area contributed by atoms with Crippen LogP contribution in [0.1, 0.15) is 0 Å². The van der Waals surface area contributed by atoms with Gasteiger partial charge in [0.15, 0.2) is 0 Å². The third-order valence-electron chi connectivity index (χ3n) is 15.4. The van der Waals surface area contributed by atoms with E-state index in [1.54, 1.807) is 0 Å². The fourth-order valence-electron chi connectivity index (χ4n) is 12.5. The second kappa shape index (κ2) is 15.1. The van der Waals surface area contributed by atoms with Crippen LogP contribution in [-0.4, -0.2) is 13.4 Å². The molecule has 0 atom stereocenters. The van der Waals surface area contributed by atoms with Gasteiger partial charge in [-0.3, -0.25) is 0 Å². The summed E-state index contributed by atoms with van der Waals surface area (Å²) >= 11 is 0. The number of para-hydroxylation sites is 5. The summed E-state index contributed by atoms with van der Waals surface area (Å²) in [4.78, 5) is 9.69. The Hall–Kier alpha value is -9.39. The van der Waals surface area contributed by atoms with Crippen LogP contribution in [0.3, 0.4) is 0 Å². The Morgan fingerprint density at radius 2 is 0.667 bits per heavy atom. The minimum absolute atomic E-state index is 0.0401. The van der Waals surface area contributed by atoms with Crippen molar-refractivity contribution >= 4 is 137 Å². The van der Waals surface area contributed by atoms with Crippen molar-refractivity contribution in [1.82, 2.24) is 0 Å². The van der Waals surface area contributed by atoms with E-state index in [2.05, 4.69) is 262 Å². The van der Waals surface area contributed by atoms with Gasteiger partial charge in [-0.2, -0.15) is 0 Å². The third-order valence-corrected chi connectivity index (χ3v) is 15.4. The molecule has 72 heavy (non-hydrogen) atoms. The normalized spacial score (nSPS) is 13.7. The van der Waals surface area contributed by atoms with Gasteiger partial charge in [0.25, 0.3) is 13.4 Å². The Morgan fingerprint density at radius 3 is 1.17 bits per heavy atom. The molecular formula is C64H40B2N4O2. The van der Waals surface area contributed by atoms with Gasteiger partial charge in [0, 0.05) is 97.1 Å². The van der Waals surface area contributed by atoms with Crippen molar-refractivity contribution in [3.63, 3.8) is 0 Å². The van der Waals surface area contributed by atoms with Crippen LogP contribution in [0.5, 0.6) is 0 Å². The van der Waals surface area contributed by atoms with Gasteiger partial charge in [-0.05, 0) is 106 Å². The van der Waals surface area contributed by atoms with E-state index in [-0.39, 0.29) is 13.4 Å². The highest BCUT2D eigenvalue weighted by Gasteiger charge is 2.47. The average Bonchev–Trinajstić information content (AvgIpc) is 4.04. The van der Waals surface area contributed by atoms with E-state index in [0.29, 0.717) is 0 Å². The molecule has 0 saturated heterocycles. The molecule has 6 nitrogen and oxygen atoms in total. The summed E-state index contributed by atoms with van der Waals surface area (Å²) in [5.74, 6) is 0.839. The fourth-order valence-corrected chi connectivity index (χ4v) is 12.5. The molecule has 10 aromatic carbocycles. The van der Waals surface area contributed by atoms with Crippen LogP contribution in [0.25, 0.3) is 33.3 Å². The van der Waals surface area contributed by atoms with Crippen LogP contribution >= 0.6 is 0 Å². The predicted octanol–water partition coefficient (Wildman–Crippen LogP) is 13.0. The van der Waals surface area contributed by atoms with Gasteiger partial charge in [0.2, 0.25) is 0 Å². The maximum atomic E-state index is 7.26. The molecule has 8 heteroatoms. The Kier molecular flexibility index (Phi) is 8.25. The zero-order chi connectivity index (χ0) is 47.0. The Morgan fingerprint density at radius 1 is 0.278 bits per heavy atom. The average molecular weight is 919 g/mol. The lowest BCUT2D eigenvalue weighted by atomic mass is 9.33. The molecule has 12 aromatic rings. The lowest BCUT2D eigenvalue weighted by molar-refractivity contribution is 0.615. The van der Waals surface area contributed by atoms with Gasteiger partial charge >= 0.3 is 0 Å². The molecule has 16 rings (SSSR count). The quantitative estimate of drug-likeness (QED) is 0.160. The van der Waals surface area contributed by atoms with Crippen molar-refractivity contribution in [2.24, 2.45) is 0 Å². The van der Waals surface area contributed by atoms with Gasteiger partial charge in [-0.15, -0.1) is 0 Å². The number of rotatable bonds is 5. The molecule has 0 bridgehead atoms. The molecule has 0 amide bonds. The van der Waals surface area contributed by atoms with Gasteiger partial charge in [0.05, 0.1) is 11.3 Å². The van der Waals surface area contributed by atoms with Crippen LogP contribution in [0.4, 0.5) is 68.2 Å². The van der Waals surface area contributed by atoms with Gasteiger partial charge in [-0.25, -0.2) is 0 Å². The van der Waals surface area contributed by atoms with Crippen molar-refractivity contribution in [2.75, 3.05) is 19.6 Å². The number of fused-ring (bicyclic) bond motifs is 11. The summed E-state index contributed by atoms with van der Waals surface area (Å²) in [7, 11) is 0. The van der Waals surface area contributed by atoms with Crippen molar-refractivity contribution in [3.8, 4) is 11.3 Å². The largest absolute Gasteiger partial charge is 0.468 e. The summed E-state index contributed by atoms with van der Waals surface area (Å²) in [6, 6.07) is 87.6. The molecule has 0 unspecified atom stereocenters. The highest BCUT2D eigenvalue weighted by atomic mass is 16.3. The van der Waals surface area contributed by atoms with Crippen LogP contribution in [0, 0.1) is 0 Å². The molecule has 0 radical (unpaired) electrons. The van der Waals surface area contributed by atoms with Crippen LogP contribution < -0.4 is 52.6 Å². The van der Waals surface area contributed by atoms with Gasteiger partial charge < -0.3 is 28.4 Å². The SMILES string of the molecule is c1ccc(-c2cc3c(o2)B2c4cc5c(cc4N(c4ccccc4)c4cccc(c42)N3c2ccccc2)oc2cc3c(cc25)B2c4ccccc4N(c4ccccc4)c4cccc(c42)N3c2ccccc2)cc1. The van der Waals surface area contributed by atoms with E-state index in [9.17, 15) is 0 Å². The first-order chi connectivity index (χ1) is 35.7. The Bertz CT molecular complexity index is 4140. The smallest absolute Gasteiger partial charge is 0.297 e. The first-order valence-corrected chi connectivity index (χ1v) is 24.7. The molecule has 0 aliphatic carbocycles. The maximum absolute atomic E-state index is 7.26. The van der Waals surface area contributed by atoms with E-state index in [4.69, 9.17) is 8.83 Å². The first-order valence-electron chi connectivity index (χ1n) is 24.7. The number of furan rings is 2. The fraction of sp³-hybridized carbons (Fsp3) is 0. The van der Waals surface area contributed by atoms with Gasteiger partial charge in [-0.1, -0.05) is 146 Å². The molecule has 4 aliphatic rings. The summed E-state index contributed by atoms with van der Waals surface area (Å²) in [6.45, 7) is -0.260. The Labute approximate surface area is 417 Å². The highest BCUT2D eigenvalue weighted by Crippen LogP contribution is 2.49. The van der Waals surface area contributed by atoms with Crippen molar-refractivity contribution in [3.05, 3.63) is 243 Å². The minimum atomic E-state index is -0.220. The van der Waals surface area contributed by atoms with E-state index in [1.807, 2.05) is 0 Å². The number of hydrogen-bond acceptors (Lipinski definition) is 6. The third kappa shape index (κ3) is 5.52. The van der Waals surface area contributed by atoms with Crippen molar-refractivity contribution < 1.29 is 8.83 Å². The van der Waals surface area contributed by atoms with E-state index in [1.165, 1.54) is 33.2 Å². The topological polar surface area (TPSA) is 39.2 Å². The lowest BCUT2D eigenvalue weighted by Crippen LogP contribution is -2.61. The highest BCUT2D eigenvalue weighted by molar-refractivity contribution is 7.01. The second-order valence-electron chi connectivity index (χ2n) is 19.2. The number of benzene rings is 10. The van der Waals surface area contributed by atoms with Crippen LogP contribution in [0.15, 0.2) is 251 Å². The zero-order valence-electron chi connectivity index (χ0n) is 38.9. The second-order valence-corrected chi connectivity index (χ2v) is 19.2. The molecule has 4 aliphatic heterocycles. The number of anilines is 12. The molecule has 0 N–H and O–H groups in total. The number of nitrogens with zero attached hydrogens (tertiary/aromatic N) is 4. The molecule has 0 fully saturated rings. The van der Waals surface area contributed by atoms with Gasteiger partial charge in [0.1, 0.15) is 16.9 Å². The predicted molar refractivity (Wildman–Crippen MR) is 299 cm³/mol. The Balaban J connectivity index is 0.974. The molecule has 0 saturated carbocycles. The summed E-state index contributed by atoms with van der Waals surface area (Å²) in [5.41, 5.74) is 23.2. The monoisotopic (exact) mass is 918 g/mol. The molecule has 0 spiro atoms. The summed E-state index contributed by atoms with van der Waals surface area (Å²) in [5, 5.41) is 2.16. The summed E-state index contributed by atoms with van der Waals surface area (Å²) < 4.78 is 14.5. The lowest BCUT2D eigenvalue weighted by Gasteiger charge is -2.44. The van der Waals surface area contributed by atoms with E-state index in [0.717, 1.165) is 101 Å². The first kappa shape index (κ1) is 39.5. The van der Waals surface area contributed by atoms with Crippen LogP contribution in [0.2, 0.25) is 0 Å². The van der Waals surface area contributed by atoms with Crippen molar-refractivity contribution in [1.29, 1.82) is 0 Å². The molecule has 2 aromatic heterocycles. The molecule has 334 valence electrons. The van der Waals surface area contributed by atoms with Crippen LogP contribution in [-0.2, 0) is 0 Å². The molecular weight excluding hydrogens is 878 g/mol. The van der Waals surface area contributed by atoms with E-state index < -0.39 is 0 Å². The minimum Gasteiger partial charge on any atom is -0.468 e. The zero-order valence-corrected chi connectivity index (χ0v) is 38.9. The van der Waals surface area contributed by atoms with Crippen molar-refractivity contribution in [2.45, 2.75) is 0 Å². The summed E-state index contributed by atoms with van der Waals surface area (Å²) in [6.07, 6.45) is 0. The molecule has 6 heterocycles. The maximum Gasteiger partial charge on any atom is 0.297 e. The van der Waals surface area contributed by atoms with E-state index >= 15 is 0 Å². The standard InChI is InChI=1S/C64H40B2N4O2/c1-6-20-41(21-7-1)59-40-58-64(72-59)66-50-37-47-46-36-49-56(68(43-24-10-3-11-25-43)53-33-18-32-52-62(53)65(49)48-30-16-17-31-51(48)67(52)42-22-8-2-9-23-42)38-60(46)71-61(47)39-57(50)69(44-26-12-4-13-27-44)54-34-19-35-55(63(54)66)70(58)45-28-14-5-15-29-45/h1-40H.